The van der Waals surface area contributed by atoms with Crippen molar-refractivity contribution in [1.29, 1.82) is 0 Å². The number of oxazole rings is 1. The Labute approximate surface area is 148 Å². The highest BCUT2D eigenvalue weighted by atomic mass is 35.5. The minimum absolute atomic E-state index is 0. The first-order chi connectivity index (χ1) is 11.3. The van der Waals surface area contributed by atoms with Gasteiger partial charge in [-0.2, -0.15) is 0 Å². The molecule has 3 rings (SSSR count). The van der Waals surface area contributed by atoms with E-state index in [0.717, 1.165) is 43.9 Å². The van der Waals surface area contributed by atoms with E-state index in [2.05, 4.69) is 22.1 Å². The zero-order chi connectivity index (χ0) is 16.1. The van der Waals surface area contributed by atoms with Gasteiger partial charge in [-0.15, -0.1) is 12.4 Å². The van der Waals surface area contributed by atoms with Crippen LogP contribution in [0.4, 0.5) is 4.39 Å². The Bertz CT molecular complexity index is 611. The molecule has 1 aromatic carbocycles. The largest absolute Gasteiger partial charge is 0.444 e. The summed E-state index contributed by atoms with van der Waals surface area (Å²) < 4.78 is 18.6. The summed E-state index contributed by atoms with van der Waals surface area (Å²) in [6.45, 7) is 6.27. The molecule has 1 aromatic heterocycles. The predicted octanol–water partition coefficient (Wildman–Crippen LogP) is 3.87. The molecular formula is C18H25ClFN3O. The van der Waals surface area contributed by atoms with Gasteiger partial charge in [0, 0.05) is 18.2 Å². The second kappa shape index (κ2) is 9.16. The molecule has 0 bridgehead atoms. The summed E-state index contributed by atoms with van der Waals surface area (Å²) in [5.74, 6) is 0.308. The number of nitrogens with one attached hydrogen (secondary N) is 1. The van der Waals surface area contributed by atoms with Crippen molar-refractivity contribution < 1.29 is 8.81 Å². The first-order valence-corrected chi connectivity index (χ1v) is 8.41. The summed E-state index contributed by atoms with van der Waals surface area (Å²) >= 11 is 0. The molecule has 1 aliphatic rings. The molecule has 0 saturated carbocycles. The van der Waals surface area contributed by atoms with Crippen molar-refractivity contribution in [3.8, 4) is 11.5 Å². The van der Waals surface area contributed by atoms with Gasteiger partial charge in [0.15, 0.2) is 0 Å². The van der Waals surface area contributed by atoms with E-state index in [1.54, 1.807) is 18.4 Å². The number of hydrogen-bond acceptors (Lipinski definition) is 4. The lowest BCUT2D eigenvalue weighted by atomic mass is 10.0. The van der Waals surface area contributed by atoms with E-state index in [1.807, 2.05) is 0 Å². The first-order valence-electron chi connectivity index (χ1n) is 8.41. The van der Waals surface area contributed by atoms with Crippen LogP contribution in [0, 0.1) is 5.82 Å². The average molecular weight is 354 g/mol. The van der Waals surface area contributed by atoms with Crippen LogP contribution in [0.25, 0.3) is 11.5 Å². The Balaban J connectivity index is 0.00000208. The molecule has 2 aromatic rings. The zero-order valence-corrected chi connectivity index (χ0v) is 14.8. The van der Waals surface area contributed by atoms with Gasteiger partial charge in [0.2, 0.25) is 5.89 Å². The van der Waals surface area contributed by atoms with Crippen LogP contribution in [0.5, 0.6) is 0 Å². The third-order valence-electron chi connectivity index (χ3n) is 4.34. The average Bonchev–Trinajstić information content (AvgIpc) is 3.04. The van der Waals surface area contributed by atoms with Crippen LogP contribution in [-0.4, -0.2) is 35.6 Å². The Morgan fingerprint density at radius 1 is 1.25 bits per heavy atom. The molecule has 0 spiro atoms. The molecule has 6 heteroatoms. The Morgan fingerprint density at radius 2 is 1.96 bits per heavy atom. The van der Waals surface area contributed by atoms with E-state index in [4.69, 9.17) is 4.42 Å². The molecule has 132 valence electrons. The third kappa shape index (κ3) is 4.79. The van der Waals surface area contributed by atoms with Crippen molar-refractivity contribution in [2.24, 2.45) is 0 Å². The summed E-state index contributed by atoms with van der Waals surface area (Å²) in [4.78, 5) is 7.09. The maximum Gasteiger partial charge on any atom is 0.226 e. The highest BCUT2D eigenvalue weighted by Gasteiger charge is 2.21. The van der Waals surface area contributed by atoms with Crippen LogP contribution < -0.4 is 5.32 Å². The van der Waals surface area contributed by atoms with Gasteiger partial charge in [-0.05, 0) is 63.2 Å². The van der Waals surface area contributed by atoms with Crippen molar-refractivity contribution in [2.45, 2.75) is 38.8 Å². The molecular weight excluding hydrogens is 329 g/mol. The zero-order valence-electron chi connectivity index (χ0n) is 14.0. The predicted molar refractivity (Wildman–Crippen MR) is 95.7 cm³/mol. The Kier molecular flexibility index (Phi) is 7.21. The van der Waals surface area contributed by atoms with Crippen molar-refractivity contribution >= 4 is 12.4 Å². The second-order valence-electron chi connectivity index (χ2n) is 6.10. The van der Waals surface area contributed by atoms with Crippen LogP contribution in [-0.2, 0) is 6.54 Å². The van der Waals surface area contributed by atoms with Crippen molar-refractivity contribution in [1.82, 2.24) is 15.2 Å². The summed E-state index contributed by atoms with van der Waals surface area (Å²) in [6, 6.07) is 6.86. The van der Waals surface area contributed by atoms with E-state index in [1.165, 1.54) is 25.0 Å². The highest BCUT2D eigenvalue weighted by molar-refractivity contribution is 5.85. The lowest BCUT2D eigenvalue weighted by molar-refractivity contribution is 0.152. The van der Waals surface area contributed by atoms with E-state index in [-0.39, 0.29) is 18.2 Å². The van der Waals surface area contributed by atoms with Crippen molar-refractivity contribution in [2.75, 3.05) is 19.6 Å². The van der Waals surface area contributed by atoms with E-state index < -0.39 is 0 Å². The molecule has 1 saturated heterocycles. The summed E-state index contributed by atoms with van der Waals surface area (Å²) in [5.41, 5.74) is 1.75. The van der Waals surface area contributed by atoms with Gasteiger partial charge in [0.25, 0.3) is 0 Å². The number of hydrogen-bond donors (Lipinski definition) is 1. The van der Waals surface area contributed by atoms with Gasteiger partial charge in [-0.25, -0.2) is 9.37 Å². The van der Waals surface area contributed by atoms with Crippen LogP contribution in [0.3, 0.4) is 0 Å². The smallest absolute Gasteiger partial charge is 0.226 e. The van der Waals surface area contributed by atoms with Gasteiger partial charge >= 0.3 is 0 Å². The molecule has 24 heavy (non-hydrogen) atoms. The molecule has 0 unspecified atom stereocenters. The number of benzene rings is 1. The summed E-state index contributed by atoms with van der Waals surface area (Å²) in [5, 5.41) is 3.41. The van der Waals surface area contributed by atoms with Crippen LogP contribution in [0.1, 0.15) is 31.9 Å². The molecule has 0 radical (unpaired) electrons. The van der Waals surface area contributed by atoms with E-state index in [9.17, 15) is 4.39 Å². The first kappa shape index (κ1) is 18.9. The molecule has 0 amide bonds. The van der Waals surface area contributed by atoms with Crippen molar-refractivity contribution in [3.05, 3.63) is 42.0 Å². The van der Waals surface area contributed by atoms with Crippen LogP contribution in [0.2, 0.25) is 0 Å². The molecule has 1 N–H and O–H groups in total. The standard InChI is InChI=1S/C18H24FN3O.ClH/c1-2-11-22(17-7-9-20-10-8-17)12-16-13-23-18(21-16)14-3-5-15(19)6-4-14;/h3-6,13,17,20H,2,7-12H2,1H3;1H. The maximum absolute atomic E-state index is 13.0. The number of aromatic nitrogens is 1. The SMILES string of the molecule is CCCN(Cc1coc(-c2ccc(F)cc2)n1)C1CCNCC1.Cl. The van der Waals surface area contributed by atoms with Gasteiger partial charge in [-0.3, -0.25) is 4.90 Å². The van der Waals surface area contributed by atoms with E-state index in [0.29, 0.717) is 11.9 Å². The number of piperidine rings is 1. The van der Waals surface area contributed by atoms with Crippen LogP contribution in [0.15, 0.2) is 34.9 Å². The fourth-order valence-electron chi connectivity index (χ4n) is 3.16. The molecule has 1 fully saturated rings. The molecule has 4 nitrogen and oxygen atoms in total. The van der Waals surface area contributed by atoms with Gasteiger partial charge in [0.1, 0.15) is 12.1 Å². The van der Waals surface area contributed by atoms with Crippen molar-refractivity contribution in [3.63, 3.8) is 0 Å². The minimum Gasteiger partial charge on any atom is -0.444 e. The lowest BCUT2D eigenvalue weighted by Gasteiger charge is -2.33. The molecule has 2 heterocycles. The normalized spacial score (nSPS) is 15.5. The Hall–Kier alpha value is -1.43. The fraction of sp³-hybridized carbons (Fsp3) is 0.500. The second-order valence-corrected chi connectivity index (χ2v) is 6.10. The summed E-state index contributed by atoms with van der Waals surface area (Å²) in [7, 11) is 0. The van der Waals surface area contributed by atoms with Gasteiger partial charge in [-0.1, -0.05) is 6.92 Å². The highest BCUT2D eigenvalue weighted by Crippen LogP contribution is 2.21. The van der Waals surface area contributed by atoms with Gasteiger partial charge in [0.05, 0.1) is 5.69 Å². The molecule has 0 atom stereocenters. The monoisotopic (exact) mass is 353 g/mol. The third-order valence-corrected chi connectivity index (χ3v) is 4.34. The topological polar surface area (TPSA) is 41.3 Å². The molecule has 0 aliphatic carbocycles. The van der Waals surface area contributed by atoms with E-state index >= 15 is 0 Å². The lowest BCUT2D eigenvalue weighted by Crippen LogP contribution is -2.43. The summed E-state index contributed by atoms with van der Waals surface area (Å²) in [6.07, 6.45) is 5.22. The number of rotatable bonds is 6. The fourth-order valence-corrected chi connectivity index (χ4v) is 3.16. The minimum atomic E-state index is -0.249. The quantitative estimate of drug-likeness (QED) is 0.856. The number of halogens is 2. The maximum atomic E-state index is 13.0. The van der Waals surface area contributed by atoms with Crippen LogP contribution >= 0.6 is 12.4 Å². The Morgan fingerprint density at radius 3 is 2.62 bits per heavy atom. The number of nitrogens with zero attached hydrogens (tertiary/aromatic N) is 2. The van der Waals surface area contributed by atoms with Gasteiger partial charge < -0.3 is 9.73 Å². The molecule has 1 aliphatic heterocycles.